The molecule has 0 amide bonds. The molecule has 11 aromatic rings. The van der Waals surface area contributed by atoms with E-state index in [4.69, 9.17) is 15.0 Å². The summed E-state index contributed by atoms with van der Waals surface area (Å²) in [5.41, 5.74) is 11.7. The molecule has 0 saturated carbocycles. The summed E-state index contributed by atoms with van der Waals surface area (Å²) in [5.74, 6) is 1.81. The maximum absolute atomic E-state index is 5.17. The largest absolute Gasteiger partial charge is 0.310 e. The second kappa shape index (κ2) is 13.7. The van der Waals surface area contributed by atoms with Crippen molar-refractivity contribution >= 4 is 60.7 Å². The first-order valence-electron chi connectivity index (χ1n) is 19.5. The lowest BCUT2D eigenvalue weighted by molar-refractivity contribution is 0.953. The zero-order chi connectivity index (χ0) is 38.6. The number of fused-ring (bicyclic) bond motifs is 6. The number of hydrogen-bond donors (Lipinski definition) is 0. The number of nitrogens with zero attached hydrogens (tertiary/aromatic N) is 6. The molecule has 0 fully saturated rings. The lowest BCUT2D eigenvalue weighted by atomic mass is 10.1. The lowest BCUT2D eigenvalue weighted by Gasteiger charge is -2.27. The van der Waals surface area contributed by atoms with Gasteiger partial charge in [-0.2, -0.15) is 9.97 Å². The first-order chi connectivity index (χ1) is 28.7. The van der Waals surface area contributed by atoms with Crippen molar-refractivity contribution in [2.45, 2.75) is 6.92 Å². The average molecular weight is 745 g/mol. The smallest absolute Gasteiger partial charge is 0.238 e. The third-order valence-corrected chi connectivity index (χ3v) is 11.0. The van der Waals surface area contributed by atoms with Crippen LogP contribution >= 0.6 is 0 Å². The third-order valence-electron chi connectivity index (χ3n) is 11.0. The predicted molar refractivity (Wildman–Crippen MR) is 239 cm³/mol. The molecule has 0 aliphatic heterocycles. The van der Waals surface area contributed by atoms with Crippen LogP contribution < -0.4 is 4.90 Å². The number of hydrogen-bond acceptors (Lipinski definition) is 4. The van der Waals surface area contributed by atoms with Crippen LogP contribution in [0.2, 0.25) is 0 Å². The van der Waals surface area contributed by atoms with Gasteiger partial charge in [0.1, 0.15) is 0 Å². The van der Waals surface area contributed by atoms with Crippen molar-refractivity contribution < 1.29 is 0 Å². The molecular formula is C52H36N6. The molecule has 6 heteroatoms. The predicted octanol–water partition coefficient (Wildman–Crippen LogP) is 13.2. The van der Waals surface area contributed by atoms with E-state index in [2.05, 4.69) is 160 Å². The summed E-state index contributed by atoms with van der Waals surface area (Å²) in [5, 5.41) is 4.70. The minimum absolute atomic E-state index is 0.563. The van der Waals surface area contributed by atoms with Crippen molar-refractivity contribution in [3.8, 4) is 34.4 Å². The monoisotopic (exact) mass is 744 g/mol. The van der Waals surface area contributed by atoms with E-state index in [0.29, 0.717) is 17.6 Å². The highest BCUT2D eigenvalue weighted by molar-refractivity contribution is 6.16. The van der Waals surface area contributed by atoms with Crippen LogP contribution in [0.4, 0.5) is 17.1 Å². The summed E-state index contributed by atoms with van der Waals surface area (Å²) >= 11 is 0. The molecule has 274 valence electrons. The van der Waals surface area contributed by atoms with Crippen LogP contribution in [-0.4, -0.2) is 24.1 Å². The van der Waals surface area contributed by atoms with E-state index in [1.165, 1.54) is 27.4 Å². The molecule has 6 nitrogen and oxygen atoms in total. The Kier molecular flexibility index (Phi) is 7.93. The zero-order valence-corrected chi connectivity index (χ0v) is 31.7. The Morgan fingerprint density at radius 2 is 0.845 bits per heavy atom. The number of para-hydroxylation sites is 3. The first kappa shape index (κ1) is 33.5. The molecule has 0 bridgehead atoms. The van der Waals surface area contributed by atoms with Gasteiger partial charge in [0, 0.05) is 49.7 Å². The van der Waals surface area contributed by atoms with Crippen LogP contribution in [-0.2, 0) is 0 Å². The summed E-state index contributed by atoms with van der Waals surface area (Å²) in [6.45, 7) is 2.13. The van der Waals surface area contributed by atoms with Crippen molar-refractivity contribution in [2.24, 2.45) is 0 Å². The van der Waals surface area contributed by atoms with Crippen molar-refractivity contribution in [3.05, 3.63) is 206 Å². The number of rotatable bonds is 7. The van der Waals surface area contributed by atoms with Crippen LogP contribution in [0.15, 0.2) is 200 Å². The Labute approximate surface area is 335 Å². The molecule has 0 radical (unpaired) electrons. The van der Waals surface area contributed by atoms with Gasteiger partial charge in [0.15, 0.2) is 11.6 Å². The van der Waals surface area contributed by atoms with E-state index in [9.17, 15) is 0 Å². The van der Waals surface area contributed by atoms with Gasteiger partial charge in [-0.3, -0.25) is 4.57 Å². The fraction of sp³-hybridized carbons (Fsp3) is 0.0192. The molecule has 0 N–H and O–H groups in total. The molecule has 3 heterocycles. The first-order valence-corrected chi connectivity index (χ1v) is 19.5. The molecular weight excluding hydrogens is 709 g/mol. The van der Waals surface area contributed by atoms with Gasteiger partial charge >= 0.3 is 0 Å². The third kappa shape index (κ3) is 5.53. The normalized spacial score (nSPS) is 11.5. The minimum Gasteiger partial charge on any atom is -0.310 e. The molecule has 11 rings (SSSR count). The average Bonchev–Trinajstić information content (AvgIpc) is 3.81. The molecule has 8 aromatic carbocycles. The van der Waals surface area contributed by atoms with Crippen LogP contribution in [0.3, 0.4) is 0 Å². The second-order valence-corrected chi connectivity index (χ2v) is 14.6. The Bertz CT molecular complexity index is 3160. The van der Waals surface area contributed by atoms with Gasteiger partial charge in [0.2, 0.25) is 5.95 Å². The van der Waals surface area contributed by atoms with Gasteiger partial charge in [-0.25, -0.2) is 4.98 Å². The maximum atomic E-state index is 5.17. The van der Waals surface area contributed by atoms with Gasteiger partial charge in [-0.15, -0.1) is 0 Å². The van der Waals surface area contributed by atoms with Crippen LogP contribution in [0, 0.1) is 6.92 Å². The van der Waals surface area contributed by atoms with Crippen LogP contribution in [0.5, 0.6) is 0 Å². The van der Waals surface area contributed by atoms with E-state index in [-0.39, 0.29) is 0 Å². The minimum atomic E-state index is 0.563. The Balaban J connectivity index is 1.13. The second-order valence-electron chi connectivity index (χ2n) is 14.6. The summed E-state index contributed by atoms with van der Waals surface area (Å²) in [7, 11) is 0. The van der Waals surface area contributed by atoms with Gasteiger partial charge in [-0.05, 0) is 73.7 Å². The van der Waals surface area contributed by atoms with E-state index >= 15 is 0 Å². The molecule has 0 saturated heterocycles. The van der Waals surface area contributed by atoms with E-state index in [1.54, 1.807) is 0 Å². The number of anilines is 3. The Morgan fingerprint density at radius 1 is 0.379 bits per heavy atom. The van der Waals surface area contributed by atoms with Gasteiger partial charge < -0.3 is 9.47 Å². The van der Waals surface area contributed by atoms with Crippen molar-refractivity contribution in [3.63, 3.8) is 0 Å². The molecule has 0 aliphatic rings. The quantitative estimate of drug-likeness (QED) is 0.163. The highest BCUT2D eigenvalue weighted by atomic mass is 15.2. The topological polar surface area (TPSA) is 51.8 Å². The molecule has 0 atom stereocenters. The SMILES string of the molecule is Cc1ccc(N(c2ccc(-n3c4ccccc4c4ccccc43)cc2)c2cccc3c2c2ccccc2n3-c2nc(-c3ccccc3)nc(-c3ccccc3)n2)cc1. The number of aromatic nitrogens is 5. The van der Waals surface area contributed by atoms with E-state index < -0.39 is 0 Å². The molecule has 0 spiro atoms. The Hall–Kier alpha value is -7.83. The van der Waals surface area contributed by atoms with E-state index in [1.807, 2.05) is 60.7 Å². The van der Waals surface area contributed by atoms with Crippen molar-refractivity contribution in [1.29, 1.82) is 0 Å². The van der Waals surface area contributed by atoms with Gasteiger partial charge in [-0.1, -0.05) is 139 Å². The van der Waals surface area contributed by atoms with Gasteiger partial charge in [0.05, 0.1) is 27.8 Å². The summed E-state index contributed by atoms with van der Waals surface area (Å²) in [6, 6.07) is 70.4. The fourth-order valence-electron chi connectivity index (χ4n) is 8.37. The Morgan fingerprint density at radius 3 is 1.41 bits per heavy atom. The molecule has 58 heavy (non-hydrogen) atoms. The van der Waals surface area contributed by atoms with Crippen LogP contribution in [0.1, 0.15) is 5.56 Å². The van der Waals surface area contributed by atoms with Crippen molar-refractivity contribution in [1.82, 2.24) is 24.1 Å². The zero-order valence-electron chi connectivity index (χ0n) is 31.7. The number of aryl methyl sites for hydroxylation is 1. The summed E-state index contributed by atoms with van der Waals surface area (Å²) in [6.07, 6.45) is 0. The highest BCUT2D eigenvalue weighted by Gasteiger charge is 2.23. The molecule has 0 aliphatic carbocycles. The van der Waals surface area contributed by atoms with Crippen LogP contribution in [0.25, 0.3) is 78.0 Å². The fourth-order valence-corrected chi connectivity index (χ4v) is 8.37. The van der Waals surface area contributed by atoms with Gasteiger partial charge in [0.25, 0.3) is 0 Å². The standard InChI is InChI=1S/C52H36N6/c1-35-27-29-38(30-28-35)56(39-31-33-40(34-32-39)57-44-22-11-8-19-41(44)42-20-9-12-23-45(42)57)47-25-14-26-48-49(47)43-21-10-13-24-46(43)58(48)52-54-50(36-15-4-2-5-16-36)53-51(55-52)37-17-6-3-7-18-37/h2-34H,1H3. The molecule has 3 aromatic heterocycles. The van der Waals surface area contributed by atoms with E-state index in [0.717, 1.165) is 55.7 Å². The number of benzene rings is 8. The lowest BCUT2D eigenvalue weighted by Crippen LogP contribution is -2.11. The summed E-state index contributed by atoms with van der Waals surface area (Å²) < 4.78 is 4.55. The molecule has 0 unspecified atom stereocenters. The highest BCUT2D eigenvalue weighted by Crippen LogP contribution is 2.44. The maximum Gasteiger partial charge on any atom is 0.238 e. The van der Waals surface area contributed by atoms with Crippen molar-refractivity contribution in [2.75, 3.05) is 4.90 Å². The summed E-state index contributed by atoms with van der Waals surface area (Å²) in [4.78, 5) is 17.7.